The molecule has 38 heavy (non-hydrogen) atoms. The van der Waals surface area contributed by atoms with E-state index >= 15 is 0 Å². The second-order valence-corrected chi connectivity index (χ2v) is 12.0. The second kappa shape index (κ2) is 14.1. The van der Waals surface area contributed by atoms with Gasteiger partial charge in [-0.25, -0.2) is 9.78 Å². The quantitative estimate of drug-likeness (QED) is 0.183. The molecule has 0 fully saturated rings. The zero-order valence-corrected chi connectivity index (χ0v) is 25.9. The van der Waals surface area contributed by atoms with Crippen LogP contribution in [0.25, 0.3) is 5.70 Å². The molecule has 2 unspecified atom stereocenters. The van der Waals surface area contributed by atoms with Gasteiger partial charge in [-0.3, -0.25) is 3.97 Å². The van der Waals surface area contributed by atoms with Crippen molar-refractivity contribution in [2.45, 2.75) is 77.6 Å². The molecule has 0 spiro atoms. The molecule has 1 aliphatic rings. The average Bonchev–Trinajstić information content (AvgIpc) is 3.52. The highest BCUT2D eigenvalue weighted by molar-refractivity contribution is 14.2. The number of nitrogens with two attached hydrogens (primary N) is 1. The Kier molecular flexibility index (Phi) is 11.2. The summed E-state index contributed by atoms with van der Waals surface area (Å²) in [6, 6.07) is 8.07. The van der Waals surface area contributed by atoms with Crippen LogP contribution in [0.1, 0.15) is 76.0 Å². The lowest BCUT2D eigenvalue weighted by molar-refractivity contribution is 0.0177. The number of hydrogen-bond donors (Lipinski definition) is 3. The normalized spacial score (nSPS) is 15.6. The number of unbranched alkanes of at least 4 members (excludes halogenated alkanes) is 1. The van der Waals surface area contributed by atoms with Crippen LogP contribution in [0.2, 0.25) is 0 Å². The number of carbonyl (C=O) groups is 1. The summed E-state index contributed by atoms with van der Waals surface area (Å²) in [6.45, 7) is 8.46. The number of nitrogens with zero attached hydrogens (tertiary/aromatic N) is 3. The van der Waals surface area contributed by atoms with Crippen LogP contribution >= 0.6 is 30.3 Å². The SMILES string of the molecule is CCCC(C1NC=C(c2ccc(C#Cc3cn(SI)c(CCCCN)n3)cc2)N1)N(C)C(=O)OC(C)(C)C. The summed E-state index contributed by atoms with van der Waals surface area (Å²) in [5.74, 6) is 7.45. The van der Waals surface area contributed by atoms with Crippen molar-refractivity contribution in [3.05, 3.63) is 59.3 Å². The number of benzene rings is 1. The Morgan fingerprint density at radius 1 is 1.29 bits per heavy atom. The van der Waals surface area contributed by atoms with Gasteiger partial charge in [-0.2, -0.15) is 0 Å². The van der Waals surface area contributed by atoms with Crippen molar-refractivity contribution in [2.75, 3.05) is 13.6 Å². The third-order valence-corrected chi connectivity index (χ3v) is 7.81. The molecule has 0 aliphatic carbocycles. The molecule has 2 heterocycles. The third-order valence-electron chi connectivity index (χ3n) is 6.07. The predicted molar refractivity (Wildman–Crippen MR) is 164 cm³/mol. The number of amides is 1. The van der Waals surface area contributed by atoms with Gasteiger partial charge in [-0.05, 0) is 70.2 Å². The van der Waals surface area contributed by atoms with Gasteiger partial charge in [0.15, 0.2) is 0 Å². The zero-order chi connectivity index (χ0) is 27.7. The highest BCUT2D eigenvalue weighted by Crippen LogP contribution is 2.22. The first-order valence-electron chi connectivity index (χ1n) is 13.0. The molecule has 8 nitrogen and oxygen atoms in total. The largest absolute Gasteiger partial charge is 0.444 e. The smallest absolute Gasteiger partial charge is 0.410 e. The van der Waals surface area contributed by atoms with Gasteiger partial charge in [0.1, 0.15) is 23.3 Å². The molecule has 4 N–H and O–H groups in total. The van der Waals surface area contributed by atoms with E-state index in [2.05, 4.69) is 66.7 Å². The monoisotopic (exact) mass is 650 g/mol. The van der Waals surface area contributed by atoms with E-state index in [1.807, 2.05) is 45.3 Å². The molecule has 10 heteroatoms. The molecule has 0 saturated heterocycles. The van der Waals surface area contributed by atoms with Gasteiger partial charge in [-0.1, -0.05) is 31.4 Å². The van der Waals surface area contributed by atoms with Gasteiger partial charge in [-0.15, -0.1) is 0 Å². The average molecular weight is 651 g/mol. The highest BCUT2D eigenvalue weighted by atomic mass is 127. The summed E-state index contributed by atoms with van der Waals surface area (Å²) in [5.41, 5.74) is 8.80. The molecule has 0 saturated carbocycles. The van der Waals surface area contributed by atoms with Gasteiger partial charge in [0.05, 0.1) is 17.9 Å². The Hall–Kier alpha value is -2.36. The van der Waals surface area contributed by atoms with E-state index in [0.717, 1.165) is 60.4 Å². The van der Waals surface area contributed by atoms with Crippen molar-refractivity contribution in [3.8, 4) is 11.8 Å². The number of carbonyl (C=O) groups excluding carboxylic acids is 1. The summed E-state index contributed by atoms with van der Waals surface area (Å²) >= 11 is 2.26. The van der Waals surface area contributed by atoms with Crippen LogP contribution in [0.5, 0.6) is 0 Å². The van der Waals surface area contributed by atoms with Crippen molar-refractivity contribution in [2.24, 2.45) is 5.73 Å². The van der Waals surface area contributed by atoms with Crippen LogP contribution in [0, 0.1) is 11.8 Å². The molecule has 2 atom stereocenters. The Morgan fingerprint density at radius 2 is 2.03 bits per heavy atom. The predicted octanol–water partition coefficient (Wildman–Crippen LogP) is 5.26. The molecule has 1 amide bonds. The molecule has 0 bridgehead atoms. The molecule has 0 radical (unpaired) electrons. The molecular formula is C28H39IN6O2S. The molecule has 1 aromatic heterocycles. The number of aromatic nitrogens is 2. The van der Waals surface area contributed by atoms with Crippen LogP contribution in [-0.4, -0.2) is 51.4 Å². The topological polar surface area (TPSA) is 97.4 Å². The Balaban J connectivity index is 1.64. The third kappa shape index (κ3) is 8.58. The van der Waals surface area contributed by atoms with Gasteiger partial charge < -0.3 is 26.0 Å². The van der Waals surface area contributed by atoms with Crippen molar-refractivity contribution < 1.29 is 9.53 Å². The lowest BCUT2D eigenvalue weighted by Gasteiger charge is -2.34. The maximum absolute atomic E-state index is 12.7. The fourth-order valence-electron chi connectivity index (χ4n) is 4.13. The minimum atomic E-state index is -0.534. The van der Waals surface area contributed by atoms with E-state index in [4.69, 9.17) is 15.5 Å². The van der Waals surface area contributed by atoms with Crippen LogP contribution in [-0.2, 0) is 11.2 Å². The molecule has 3 rings (SSSR count). The number of rotatable bonds is 10. The summed E-state index contributed by atoms with van der Waals surface area (Å²) in [7, 11) is 3.40. The maximum Gasteiger partial charge on any atom is 0.410 e. The molecular weight excluding hydrogens is 611 g/mol. The lowest BCUT2D eigenvalue weighted by atomic mass is 10.1. The molecule has 2 aromatic rings. The summed E-state index contributed by atoms with van der Waals surface area (Å²) < 4.78 is 7.66. The summed E-state index contributed by atoms with van der Waals surface area (Å²) in [6.07, 6.45) is 8.23. The Bertz CT molecular complexity index is 1160. The van der Waals surface area contributed by atoms with E-state index in [0.29, 0.717) is 6.54 Å². The fraction of sp³-hybridized carbons (Fsp3) is 0.500. The van der Waals surface area contributed by atoms with Crippen molar-refractivity contribution in [3.63, 3.8) is 0 Å². The van der Waals surface area contributed by atoms with E-state index in [1.165, 1.54) is 0 Å². The number of nitrogens with one attached hydrogen (secondary N) is 2. The van der Waals surface area contributed by atoms with Gasteiger partial charge in [0.2, 0.25) is 0 Å². The first-order valence-corrected chi connectivity index (χ1v) is 16.3. The lowest BCUT2D eigenvalue weighted by Crippen LogP contribution is -2.54. The first kappa shape index (κ1) is 30.2. The van der Waals surface area contributed by atoms with Crippen LogP contribution < -0.4 is 16.4 Å². The molecule has 1 aromatic carbocycles. The first-order chi connectivity index (χ1) is 18.1. The fourth-order valence-corrected chi connectivity index (χ4v) is 5.51. The standard InChI is InChI=1S/C28H39IN6O2S/c1-6-9-24(34(5)27(36)37-28(2,3)4)26-31-18-23(33-26)21-14-11-20(12-15-21)13-16-22-19-35(38-29)25(32-22)10-7-8-17-30/h11-12,14-15,18-19,24,26,31,33H,6-10,17,30H2,1-5H3. The number of halogens is 1. The number of likely N-dealkylation sites (N-methyl/N-ethyl adjacent to an activating group) is 1. The number of hydrogen-bond acceptors (Lipinski definition) is 7. The van der Waals surface area contributed by atoms with Crippen LogP contribution in [0.3, 0.4) is 0 Å². The molecule has 206 valence electrons. The van der Waals surface area contributed by atoms with Crippen molar-refractivity contribution >= 4 is 42.1 Å². The van der Waals surface area contributed by atoms with E-state index in [9.17, 15) is 4.79 Å². The Morgan fingerprint density at radius 3 is 2.66 bits per heavy atom. The summed E-state index contributed by atoms with van der Waals surface area (Å²) in [4.78, 5) is 19.1. The van der Waals surface area contributed by atoms with E-state index in [-0.39, 0.29) is 18.3 Å². The number of aryl methyl sites for hydroxylation is 1. The van der Waals surface area contributed by atoms with E-state index in [1.54, 1.807) is 21.1 Å². The summed E-state index contributed by atoms with van der Waals surface area (Å²) in [5, 5.41) is 6.96. The maximum atomic E-state index is 12.7. The van der Waals surface area contributed by atoms with Gasteiger partial charge in [0, 0.05) is 55.6 Å². The van der Waals surface area contributed by atoms with E-state index < -0.39 is 5.60 Å². The minimum Gasteiger partial charge on any atom is -0.444 e. The van der Waals surface area contributed by atoms with Gasteiger partial charge in [0.25, 0.3) is 0 Å². The van der Waals surface area contributed by atoms with Crippen molar-refractivity contribution in [1.82, 2.24) is 24.5 Å². The second-order valence-electron chi connectivity index (χ2n) is 10.3. The zero-order valence-electron chi connectivity index (χ0n) is 22.9. The Labute approximate surface area is 243 Å². The number of ether oxygens (including phenoxy) is 1. The van der Waals surface area contributed by atoms with Gasteiger partial charge >= 0.3 is 6.09 Å². The van der Waals surface area contributed by atoms with Crippen molar-refractivity contribution in [1.29, 1.82) is 0 Å². The highest BCUT2D eigenvalue weighted by Gasteiger charge is 2.32. The van der Waals surface area contributed by atoms with Crippen LogP contribution in [0.4, 0.5) is 4.79 Å². The molecule has 1 aliphatic heterocycles. The number of imidazole rings is 1. The minimum absolute atomic E-state index is 0.0607. The van der Waals surface area contributed by atoms with Crippen LogP contribution in [0.15, 0.2) is 36.7 Å².